The van der Waals surface area contributed by atoms with E-state index in [9.17, 15) is 25.5 Å². The molecule has 10 N–H and O–H groups in total. The number of hydrogen-bond acceptors (Lipinski definition) is 11. The molecule has 2 aliphatic rings. The third kappa shape index (κ3) is 3.39. The lowest BCUT2D eigenvalue weighted by Crippen LogP contribution is -2.65. The predicted molar refractivity (Wildman–Crippen MR) is 69.7 cm³/mol. The SMILES string of the molecule is NCC1O[C@@H](O[C@@H]2C(CN)ONC(O)C2O)C(O)C(O)[C@H]1O. The molecule has 2 heterocycles. The van der Waals surface area contributed by atoms with Crippen molar-refractivity contribution < 1.29 is 39.8 Å². The van der Waals surface area contributed by atoms with E-state index < -0.39 is 55.2 Å². The molecule has 2 fully saturated rings. The first kappa shape index (κ1) is 17.9. The maximum absolute atomic E-state index is 9.95. The summed E-state index contributed by atoms with van der Waals surface area (Å²) >= 11 is 0. The number of nitrogens with two attached hydrogens (primary N) is 2. The lowest BCUT2D eigenvalue weighted by molar-refractivity contribution is -0.339. The normalized spacial score (nSPS) is 50.0. The summed E-state index contributed by atoms with van der Waals surface area (Å²) in [6.45, 7) is -0.158. The van der Waals surface area contributed by atoms with Gasteiger partial charge in [-0.15, -0.1) is 0 Å². The topological polar surface area (TPSA) is 193 Å². The van der Waals surface area contributed by atoms with Gasteiger partial charge < -0.3 is 46.5 Å². The van der Waals surface area contributed by atoms with E-state index in [0.29, 0.717) is 0 Å². The highest BCUT2D eigenvalue weighted by atomic mass is 16.7. The van der Waals surface area contributed by atoms with Gasteiger partial charge in [0.05, 0.1) is 0 Å². The highest BCUT2D eigenvalue weighted by Gasteiger charge is 2.48. The van der Waals surface area contributed by atoms with Crippen molar-refractivity contribution in [3.05, 3.63) is 0 Å². The van der Waals surface area contributed by atoms with Gasteiger partial charge in [0.15, 0.2) is 12.5 Å². The molecule has 0 aliphatic carbocycles. The average molecular weight is 325 g/mol. The van der Waals surface area contributed by atoms with Gasteiger partial charge in [-0.25, -0.2) is 0 Å². The standard InChI is InChI=1S/C11H23N3O8/c12-1-3-5(15)6(16)7(17)11(20-3)21-9-4(2-13)22-14-10(19)8(9)18/h3-11,14-19H,1-2,12-13H2/t3?,4?,5-,6?,7?,8?,9+,10?,11-/m0/s1. The van der Waals surface area contributed by atoms with Crippen molar-refractivity contribution in [1.82, 2.24) is 5.48 Å². The number of hydroxylamine groups is 1. The first-order valence-corrected chi connectivity index (χ1v) is 6.93. The Morgan fingerprint density at radius 1 is 0.864 bits per heavy atom. The number of ether oxygens (including phenoxy) is 2. The maximum Gasteiger partial charge on any atom is 0.187 e. The highest BCUT2D eigenvalue weighted by Crippen LogP contribution is 2.25. The number of nitrogens with one attached hydrogen (secondary N) is 1. The Hall–Kier alpha value is -0.440. The Labute approximate surface area is 126 Å². The van der Waals surface area contributed by atoms with Gasteiger partial charge in [0, 0.05) is 13.1 Å². The Bertz CT molecular complexity index is 360. The van der Waals surface area contributed by atoms with Crippen LogP contribution in [0.15, 0.2) is 0 Å². The van der Waals surface area contributed by atoms with Crippen molar-refractivity contribution in [3.63, 3.8) is 0 Å². The molecule has 0 radical (unpaired) electrons. The van der Waals surface area contributed by atoms with Gasteiger partial charge in [-0.2, -0.15) is 5.48 Å². The zero-order valence-electron chi connectivity index (χ0n) is 11.7. The number of aliphatic hydroxyl groups is 5. The Balaban J connectivity index is 2.09. The summed E-state index contributed by atoms with van der Waals surface area (Å²) in [7, 11) is 0. The molecule has 0 amide bonds. The fourth-order valence-corrected chi connectivity index (χ4v) is 2.42. The second-order valence-electron chi connectivity index (χ2n) is 5.30. The molecule has 0 spiro atoms. The van der Waals surface area contributed by atoms with Crippen LogP contribution >= 0.6 is 0 Å². The van der Waals surface area contributed by atoms with Crippen LogP contribution < -0.4 is 16.9 Å². The fourth-order valence-electron chi connectivity index (χ4n) is 2.42. The summed E-state index contributed by atoms with van der Waals surface area (Å²) in [6.07, 6.45) is -11.6. The molecule has 0 bridgehead atoms. The van der Waals surface area contributed by atoms with Crippen LogP contribution in [-0.4, -0.2) is 93.9 Å². The van der Waals surface area contributed by atoms with E-state index >= 15 is 0 Å². The molecule has 9 atom stereocenters. The Kier molecular flexibility index (Phi) is 6.04. The first-order chi connectivity index (χ1) is 10.4. The van der Waals surface area contributed by atoms with Gasteiger partial charge in [0.25, 0.3) is 0 Å². The van der Waals surface area contributed by atoms with Crippen molar-refractivity contribution in [1.29, 1.82) is 0 Å². The summed E-state index contributed by atoms with van der Waals surface area (Å²) in [5, 5.41) is 48.9. The minimum atomic E-state index is -1.57. The smallest absolute Gasteiger partial charge is 0.187 e. The van der Waals surface area contributed by atoms with Crippen LogP contribution in [0.4, 0.5) is 0 Å². The zero-order valence-corrected chi connectivity index (χ0v) is 11.7. The van der Waals surface area contributed by atoms with E-state index in [2.05, 4.69) is 5.48 Å². The molecule has 22 heavy (non-hydrogen) atoms. The third-order valence-corrected chi connectivity index (χ3v) is 3.79. The van der Waals surface area contributed by atoms with Gasteiger partial charge >= 0.3 is 0 Å². The quantitative estimate of drug-likeness (QED) is 0.246. The van der Waals surface area contributed by atoms with Crippen LogP contribution in [0.5, 0.6) is 0 Å². The van der Waals surface area contributed by atoms with Gasteiger partial charge in [-0.3, -0.25) is 4.84 Å². The third-order valence-electron chi connectivity index (χ3n) is 3.79. The monoisotopic (exact) mass is 325 g/mol. The second-order valence-corrected chi connectivity index (χ2v) is 5.30. The first-order valence-electron chi connectivity index (χ1n) is 6.93. The molecule has 130 valence electrons. The van der Waals surface area contributed by atoms with Crippen LogP contribution in [0, 0.1) is 0 Å². The molecule has 11 heteroatoms. The second kappa shape index (κ2) is 7.42. The minimum absolute atomic E-state index is 0.0459. The molecular formula is C11H23N3O8. The molecule has 6 unspecified atom stereocenters. The van der Waals surface area contributed by atoms with Crippen molar-refractivity contribution in [2.24, 2.45) is 11.5 Å². The Morgan fingerprint density at radius 2 is 1.50 bits per heavy atom. The molecule has 0 saturated carbocycles. The molecule has 11 nitrogen and oxygen atoms in total. The average Bonchev–Trinajstić information content (AvgIpc) is 2.52. The summed E-state index contributed by atoms with van der Waals surface area (Å²) in [4.78, 5) is 5.02. The Morgan fingerprint density at radius 3 is 2.09 bits per heavy atom. The summed E-state index contributed by atoms with van der Waals surface area (Å²) < 4.78 is 10.7. The molecule has 2 aliphatic heterocycles. The zero-order chi connectivity index (χ0) is 16.4. The number of rotatable bonds is 4. The van der Waals surface area contributed by atoms with Crippen molar-refractivity contribution in [2.45, 2.75) is 55.2 Å². The van der Waals surface area contributed by atoms with Crippen LogP contribution in [0.2, 0.25) is 0 Å². The van der Waals surface area contributed by atoms with Crippen molar-refractivity contribution >= 4 is 0 Å². The molecule has 0 aromatic heterocycles. The van der Waals surface area contributed by atoms with E-state index in [1.807, 2.05) is 0 Å². The maximum atomic E-state index is 9.95. The lowest BCUT2D eigenvalue weighted by Gasteiger charge is -2.44. The molecule has 0 aromatic carbocycles. The van der Waals surface area contributed by atoms with E-state index in [1.165, 1.54) is 0 Å². The van der Waals surface area contributed by atoms with E-state index in [0.717, 1.165) is 0 Å². The number of aliphatic hydroxyl groups excluding tert-OH is 5. The number of hydrogen-bond donors (Lipinski definition) is 8. The largest absolute Gasteiger partial charge is 0.388 e. The van der Waals surface area contributed by atoms with E-state index in [4.69, 9.17) is 25.8 Å². The molecule has 2 saturated heterocycles. The van der Waals surface area contributed by atoms with Crippen molar-refractivity contribution in [2.75, 3.05) is 13.1 Å². The summed E-state index contributed by atoms with van der Waals surface area (Å²) in [5.74, 6) is 0. The summed E-state index contributed by atoms with van der Waals surface area (Å²) in [6, 6.07) is 0. The lowest BCUT2D eigenvalue weighted by atomic mass is 9.98. The fraction of sp³-hybridized carbons (Fsp3) is 1.00. The van der Waals surface area contributed by atoms with Gasteiger partial charge in [-0.05, 0) is 0 Å². The molecule has 0 aromatic rings. The van der Waals surface area contributed by atoms with E-state index in [1.54, 1.807) is 0 Å². The molecular weight excluding hydrogens is 302 g/mol. The predicted octanol–water partition coefficient (Wildman–Crippen LogP) is -5.32. The molecule has 2 rings (SSSR count). The van der Waals surface area contributed by atoms with Crippen LogP contribution in [-0.2, 0) is 14.3 Å². The van der Waals surface area contributed by atoms with Gasteiger partial charge in [0.1, 0.15) is 42.7 Å². The summed E-state index contributed by atoms with van der Waals surface area (Å²) in [5.41, 5.74) is 13.1. The van der Waals surface area contributed by atoms with Gasteiger partial charge in [0.2, 0.25) is 0 Å². The van der Waals surface area contributed by atoms with E-state index in [-0.39, 0.29) is 13.1 Å². The van der Waals surface area contributed by atoms with Gasteiger partial charge in [-0.1, -0.05) is 0 Å². The van der Waals surface area contributed by atoms with Crippen LogP contribution in [0.1, 0.15) is 0 Å². The highest BCUT2D eigenvalue weighted by molar-refractivity contribution is 4.92. The van der Waals surface area contributed by atoms with Crippen LogP contribution in [0.3, 0.4) is 0 Å². The van der Waals surface area contributed by atoms with Crippen molar-refractivity contribution in [3.8, 4) is 0 Å². The van der Waals surface area contributed by atoms with Crippen LogP contribution in [0.25, 0.3) is 0 Å². The minimum Gasteiger partial charge on any atom is -0.388 e.